The van der Waals surface area contributed by atoms with Gasteiger partial charge in [0.2, 0.25) is 0 Å². The predicted octanol–water partition coefficient (Wildman–Crippen LogP) is 6.39. The molecule has 3 aromatic carbocycles. The van der Waals surface area contributed by atoms with Gasteiger partial charge >= 0.3 is 0 Å². The fraction of sp³-hybridized carbons (Fsp3) is 0.441. The van der Waals surface area contributed by atoms with Gasteiger partial charge in [0, 0.05) is 37.4 Å². The van der Waals surface area contributed by atoms with E-state index in [2.05, 4.69) is 52.3 Å². The van der Waals surface area contributed by atoms with E-state index in [-0.39, 0.29) is 5.91 Å². The van der Waals surface area contributed by atoms with Crippen LogP contribution >= 0.6 is 0 Å². The fourth-order valence-corrected chi connectivity index (χ4v) is 5.86. The van der Waals surface area contributed by atoms with Crippen LogP contribution in [0.3, 0.4) is 0 Å². The van der Waals surface area contributed by atoms with Crippen LogP contribution in [0.4, 0.5) is 5.69 Å². The predicted molar refractivity (Wildman–Crippen MR) is 161 cm³/mol. The first-order chi connectivity index (χ1) is 19.7. The van der Waals surface area contributed by atoms with E-state index in [1.807, 2.05) is 35.2 Å². The number of methoxy groups -OCH3 is 1. The lowest BCUT2D eigenvalue weighted by molar-refractivity contribution is 0.0986. The number of nitrogens with zero attached hydrogens (tertiary/aromatic N) is 3. The summed E-state index contributed by atoms with van der Waals surface area (Å²) in [5.74, 6) is 1.67. The molecular weight excluding hydrogens is 498 g/mol. The zero-order chi connectivity index (χ0) is 27.6. The molecule has 2 heterocycles. The van der Waals surface area contributed by atoms with Gasteiger partial charge < -0.3 is 14.4 Å². The highest BCUT2D eigenvalue weighted by Gasteiger charge is 2.22. The molecule has 1 amide bonds. The summed E-state index contributed by atoms with van der Waals surface area (Å²) in [6.07, 6.45) is 7.02. The Morgan fingerprint density at radius 2 is 1.48 bits per heavy atom. The third-order valence-corrected chi connectivity index (χ3v) is 8.02. The van der Waals surface area contributed by atoms with Crippen molar-refractivity contribution in [3.8, 4) is 11.5 Å². The standard InChI is InChI=1S/C34H43N3O3/c1-39-31-15-11-14-29(25-31)34(38)37-21-7-3-2-6-20-36(27-30-13-4-5-17-33(30)37)26-28-12-10-16-32(24-28)40-23-22-35-18-8-9-19-35/h4-5,10-17,24-25H,2-3,6-9,18-23,26-27H2,1H3. The molecular formula is C34H43N3O3. The second kappa shape index (κ2) is 14.3. The van der Waals surface area contributed by atoms with Crippen LogP contribution in [0.25, 0.3) is 0 Å². The van der Waals surface area contributed by atoms with Crippen LogP contribution in [0.15, 0.2) is 72.8 Å². The Balaban J connectivity index is 1.32. The summed E-state index contributed by atoms with van der Waals surface area (Å²) >= 11 is 0. The molecule has 6 nitrogen and oxygen atoms in total. The van der Waals surface area contributed by atoms with Gasteiger partial charge in [-0.2, -0.15) is 0 Å². The summed E-state index contributed by atoms with van der Waals surface area (Å²) in [6, 6.07) is 24.4. The summed E-state index contributed by atoms with van der Waals surface area (Å²) in [5.41, 5.74) is 4.10. The molecule has 6 heteroatoms. The van der Waals surface area contributed by atoms with Crippen LogP contribution in [0.2, 0.25) is 0 Å². The van der Waals surface area contributed by atoms with Gasteiger partial charge in [0.05, 0.1) is 7.11 Å². The molecule has 1 fully saturated rings. The van der Waals surface area contributed by atoms with Gasteiger partial charge in [0.1, 0.15) is 18.1 Å². The van der Waals surface area contributed by atoms with E-state index in [1.165, 1.54) is 37.1 Å². The second-order valence-electron chi connectivity index (χ2n) is 11.0. The SMILES string of the molecule is COc1cccc(C(=O)N2CCCCCCN(Cc3cccc(OCCN4CCCC4)c3)Cc3ccccc32)c1. The van der Waals surface area contributed by atoms with E-state index < -0.39 is 0 Å². The Bertz CT molecular complexity index is 1240. The minimum atomic E-state index is 0.0240. The number of likely N-dealkylation sites (tertiary alicyclic amines) is 1. The fourth-order valence-electron chi connectivity index (χ4n) is 5.86. The van der Waals surface area contributed by atoms with Crippen molar-refractivity contribution in [1.29, 1.82) is 0 Å². The van der Waals surface area contributed by atoms with Crippen molar-refractivity contribution in [2.24, 2.45) is 0 Å². The molecule has 0 atom stereocenters. The number of benzene rings is 3. The van der Waals surface area contributed by atoms with Crippen LogP contribution in [0, 0.1) is 0 Å². The molecule has 1 saturated heterocycles. The minimum absolute atomic E-state index is 0.0240. The van der Waals surface area contributed by atoms with E-state index in [0.717, 1.165) is 69.9 Å². The van der Waals surface area contributed by atoms with Crippen molar-refractivity contribution in [2.75, 3.05) is 51.3 Å². The molecule has 0 aromatic heterocycles. The van der Waals surface area contributed by atoms with Gasteiger partial charge in [-0.05, 0) is 92.8 Å². The number of amides is 1. The Hall–Kier alpha value is -3.35. The number of hydrogen-bond acceptors (Lipinski definition) is 5. The maximum absolute atomic E-state index is 13.8. The van der Waals surface area contributed by atoms with Gasteiger partial charge in [-0.25, -0.2) is 0 Å². The normalized spacial score (nSPS) is 17.2. The highest BCUT2D eigenvalue weighted by molar-refractivity contribution is 6.06. The Labute approximate surface area is 239 Å². The van der Waals surface area contributed by atoms with Gasteiger partial charge in [0.25, 0.3) is 5.91 Å². The van der Waals surface area contributed by atoms with E-state index in [4.69, 9.17) is 9.47 Å². The number of carbonyl (C=O) groups excluding carboxylic acids is 1. The molecule has 2 aliphatic heterocycles. The van der Waals surface area contributed by atoms with Crippen molar-refractivity contribution >= 4 is 11.6 Å². The first-order valence-electron chi connectivity index (χ1n) is 14.9. The lowest BCUT2D eigenvalue weighted by Gasteiger charge is -2.28. The van der Waals surface area contributed by atoms with Gasteiger partial charge in [-0.3, -0.25) is 14.6 Å². The van der Waals surface area contributed by atoms with Crippen LogP contribution in [0.1, 0.15) is 60.0 Å². The number of rotatable bonds is 8. The van der Waals surface area contributed by atoms with E-state index in [1.54, 1.807) is 7.11 Å². The highest BCUT2D eigenvalue weighted by Crippen LogP contribution is 2.28. The maximum Gasteiger partial charge on any atom is 0.258 e. The minimum Gasteiger partial charge on any atom is -0.497 e. The first kappa shape index (κ1) is 28.2. The lowest BCUT2D eigenvalue weighted by Crippen LogP contribution is -2.33. The molecule has 5 rings (SSSR count). The highest BCUT2D eigenvalue weighted by atomic mass is 16.5. The van der Waals surface area contributed by atoms with Gasteiger partial charge in [-0.15, -0.1) is 0 Å². The molecule has 212 valence electrons. The number of anilines is 1. The molecule has 0 bridgehead atoms. The average molecular weight is 542 g/mol. The summed E-state index contributed by atoms with van der Waals surface area (Å²) in [7, 11) is 1.64. The number of fused-ring (bicyclic) bond motifs is 1. The molecule has 2 aliphatic rings. The second-order valence-corrected chi connectivity index (χ2v) is 11.0. The van der Waals surface area contributed by atoms with Crippen LogP contribution in [-0.2, 0) is 13.1 Å². The van der Waals surface area contributed by atoms with Crippen molar-refractivity contribution in [3.63, 3.8) is 0 Å². The lowest BCUT2D eigenvalue weighted by atomic mass is 10.1. The molecule has 40 heavy (non-hydrogen) atoms. The van der Waals surface area contributed by atoms with Crippen LogP contribution < -0.4 is 14.4 Å². The van der Waals surface area contributed by atoms with Gasteiger partial charge in [0.15, 0.2) is 0 Å². The van der Waals surface area contributed by atoms with Crippen molar-refractivity contribution < 1.29 is 14.3 Å². The topological polar surface area (TPSA) is 45.3 Å². The Morgan fingerprint density at radius 3 is 2.33 bits per heavy atom. The quantitative estimate of drug-likeness (QED) is 0.331. The van der Waals surface area contributed by atoms with E-state index >= 15 is 0 Å². The Morgan fingerprint density at radius 1 is 0.750 bits per heavy atom. The molecule has 0 aliphatic carbocycles. The maximum atomic E-state index is 13.8. The largest absolute Gasteiger partial charge is 0.497 e. The van der Waals surface area contributed by atoms with Crippen LogP contribution in [-0.4, -0.2) is 62.1 Å². The molecule has 0 radical (unpaired) electrons. The summed E-state index contributed by atoms with van der Waals surface area (Å²) < 4.78 is 11.5. The number of carbonyl (C=O) groups is 1. The van der Waals surface area contributed by atoms with Crippen molar-refractivity contribution in [2.45, 2.75) is 51.6 Å². The van der Waals surface area contributed by atoms with Gasteiger partial charge in [-0.1, -0.05) is 49.2 Å². The molecule has 3 aromatic rings. The number of ether oxygens (including phenoxy) is 2. The zero-order valence-electron chi connectivity index (χ0n) is 23.9. The van der Waals surface area contributed by atoms with E-state index in [9.17, 15) is 4.79 Å². The molecule has 0 unspecified atom stereocenters. The summed E-state index contributed by atoms with van der Waals surface area (Å²) in [4.78, 5) is 20.8. The van der Waals surface area contributed by atoms with E-state index in [0.29, 0.717) is 17.9 Å². The average Bonchev–Trinajstić information content (AvgIpc) is 3.49. The van der Waals surface area contributed by atoms with Crippen LogP contribution in [0.5, 0.6) is 11.5 Å². The third kappa shape index (κ3) is 7.64. The number of para-hydroxylation sites is 1. The van der Waals surface area contributed by atoms with Crippen molar-refractivity contribution in [3.05, 3.63) is 89.5 Å². The summed E-state index contributed by atoms with van der Waals surface area (Å²) in [6.45, 7) is 7.50. The monoisotopic (exact) mass is 541 g/mol. The third-order valence-electron chi connectivity index (χ3n) is 8.02. The molecule has 0 saturated carbocycles. The smallest absolute Gasteiger partial charge is 0.258 e. The zero-order valence-corrected chi connectivity index (χ0v) is 23.9. The summed E-state index contributed by atoms with van der Waals surface area (Å²) in [5, 5.41) is 0. The Kier molecular flexibility index (Phi) is 10.1. The first-order valence-corrected chi connectivity index (χ1v) is 14.9. The number of hydrogen-bond donors (Lipinski definition) is 0. The van der Waals surface area contributed by atoms with Crippen molar-refractivity contribution in [1.82, 2.24) is 9.80 Å². The molecule has 0 N–H and O–H groups in total. The molecule has 0 spiro atoms.